The van der Waals surface area contributed by atoms with E-state index in [1.807, 2.05) is 0 Å². The molecule has 2 N–H and O–H groups in total. The van der Waals surface area contributed by atoms with E-state index in [0.29, 0.717) is 12.8 Å². The number of aliphatic hydroxyl groups excluding tert-OH is 2. The van der Waals surface area contributed by atoms with Crippen LogP contribution in [0.1, 0.15) is 117 Å². The molecular weight excluding hydrogens is 526 g/mol. The van der Waals surface area contributed by atoms with Crippen molar-refractivity contribution in [3.05, 3.63) is 0 Å². The molecule has 3 unspecified atom stereocenters. The van der Waals surface area contributed by atoms with Crippen LogP contribution in [0.3, 0.4) is 0 Å². The minimum atomic E-state index is -4.83. The van der Waals surface area contributed by atoms with Crippen LogP contribution in [-0.4, -0.2) is 60.8 Å². The Morgan fingerprint density at radius 3 is 1.68 bits per heavy atom. The molecule has 0 amide bonds. The molecule has 0 aromatic rings. The zero-order valence-electron chi connectivity index (χ0n) is 23.9. The first-order chi connectivity index (χ1) is 17.7. The summed E-state index contributed by atoms with van der Waals surface area (Å²) in [6.07, 6.45) is 12.6. The van der Waals surface area contributed by atoms with Gasteiger partial charge in [-0.25, -0.2) is 0 Å². The first-order valence-corrected chi connectivity index (χ1v) is 15.4. The van der Waals surface area contributed by atoms with E-state index < -0.39 is 51.8 Å². The van der Waals surface area contributed by atoms with Gasteiger partial charge in [0, 0.05) is 12.8 Å². The molecule has 3 atom stereocenters. The summed E-state index contributed by atoms with van der Waals surface area (Å²) in [5.74, 6) is -0.975. The fourth-order valence-electron chi connectivity index (χ4n) is 3.51. The van der Waals surface area contributed by atoms with E-state index in [0.717, 1.165) is 38.5 Å². The quantitative estimate of drug-likeness (QED) is 0.0672. The summed E-state index contributed by atoms with van der Waals surface area (Å²) >= 11 is 0. The van der Waals surface area contributed by atoms with Crippen LogP contribution in [0.15, 0.2) is 0 Å². The molecule has 0 aliphatic heterocycles. The largest absolute Gasteiger partial charge is 1.00 e. The molecular formula is C26H50NaO10P. The van der Waals surface area contributed by atoms with Gasteiger partial charge in [-0.05, 0) is 12.8 Å². The molecule has 10 nitrogen and oxygen atoms in total. The fraction of sp³-hybridized carbons (Fsp3) is 0.923. The molecule has 0 spiro atoms. The number of aliphatic hydroxyl groups is 2. The number of phosphoric acid groups is 1. The van der Waals surface area contributed by atoms with Crippen LogP contribution in [0.4, 0.5) is 0 Å². The number of carbonyl (C=O) groups is 2. The SMILES string of the molecule is CCCCCCCCCC(=O)OCC(COP(=O)([O-])OCC(O)CO)OC(=O)CCCCCCCCC.[Na+]. The van der Waals surface area contributed by atoms with Crippen molar-refractivity contribution in [1.29, 1.82) is 0 Å². The Morgan fingerprint density at radius 1 is 0.737 bits per heavy atom. The normalized spacial score (nSPS) is 14.2. The Balaban J connectivity index is 0. The van der Waals surface area contributed by atoms with Gasteiger partial charge in [-0.1, -0.05) is 90.9 Å². The van der Waals surface area contributed by atoms with Crippen LogP contribution >= 0.6 is 7.82 Å². The standard InChI is InChI=1S/C26H51O10P.Na/c1-3-5-7-9-11-13-15-17-25(29)33-21-24(22-35-37(31,32)34-20-23(28)19-27)36-26(30)18-16-14-12-10-8-6-4-2;/h23-24,27-28H,3-22H2,1-2H3,(H,31,32);/q;+1/p-1. The maximum atomic E-state index is 12.3. The Bertz CT molecular complexity index is 623. The second-order valence-corrected chi connectivity index (χ2v) is 10.8. The number of hydrogen-bond donors (Lipinski definition) is 2. The van der Waals surface area contributed by atoms with Crippen LogP contribution in [-0.2, 0) is 32.7 Å². The van der Waals surface area contributed by atoms with Gasteiger partial charge in [0.15, 0.2) is 6.10 Å². The second-order valence-electron chi connectivity index (χ2n) is 9.41. The van der Waals surface area contributed by atoms with Crippen molar-refractivity contribution in [2.75, 3.05) is 26.4 Å². The smallest absolute Gasteiger partial charge is 0.756 e. The molecule has 38 heavy (non-hydrogen) atoms. The van der Waals surface area contributed by atoms with E-state index in [2.05, 4.69) is 18.4 Å². The molecule has 0 aromatic heterocycles. The number of carbonyl (C=O) groups excluding carboxylic acids is 2. The third-order valence-corrected chi connectivity index (χ3v) is 6.68. The predicted octanol–water partition coefficient (Wildman–Crippen LogP) is 1.58. The van der Waals surface area contributed by atoms with Gasteiger partial charge < -0.3 is 33.6 Å². The number of rotatable bonds is 26. The summed E-state index contributed by atoms with van der Waals surface area (Å²) < 4.78 is 31.7. The first kappa shape index (κ1) is 40.1. The van der Waals surface area contributed by atoms with Crippen LogP contribution < -0.4 is 34.5 Å². The maximum Gasteiger partial charge on any atom is 1.00 e. The zero-order chi connectivity index (χ0) is 27.8. The fourth-order valence-corrected chi connectivity index (χ4v) is 4.29. The summed E-state index contributed by atoms with van der Waals surface area (Å²) in [5, 5.41) is 18.0. The van der Waals surface area contributed by atoms with Gasteiger partial charge in [0.2, 0.25) is 0 Å². The Morgan fingerprint density at radius 2 is 1.18 bits per heavy atom. The molecule has 0 saturated heterocycles. The van der Waals surface area contributed by atoms with Gasteiger partial charge in [0.05, 0.1) is 19.8 Å². The van der Waals surface area contributed by atoms with Gasteiger partial charge in [-0.15, -0.1) is 0 Å². The number of unbranched alkanes of at least 4 members (excludes halogenated alkanes) is 12. The van der Waals surface area contributed by atoms with Crippen molar-refractivity contribution < 1.29 is 77.3 Å². The van der Waals surface area contributed by atoms with Crippen molar-refractivity contribution in [3.63, 3.8) is 0 Å². The van der Waals surface area contributed by atoms with Crippen LogP contribution in [0.2, 0.25) is 0 Å². The van der Waals surface area contributed by atoms with Crippen molar-refractivity contribution in [1.82, 2.24) is 0 Å². The number of esters is 2. The van der Waals surface area contributed by atoms with Gasteiger partial charge in [-0.3, -0.25) is 14.2 Å². The zero-order valence-corrected chi connectivity index (χ0v) is 26.8. The Hall–Kier alpha value is -0.0300. The monoisotopic (exact) mass is 576 g/mol. The summed E-state index contributed by atoms with van der Waals surface area (Å²) in [7, 11) is -4.83. The summed E-state index contributed by atoms with van der Waals surface area (Å²) in [6.45, 7) is 2.03. The van der Waals surface area contributed by atoms with Crippen LogP contribution in [0.5, 0.6) is 0 Å². The van der Waals surface area contributed by atoms with E-state index in [4.69, 9.17) is 19.1 Å². The van der Waals surface area contributed by atoms with E-state index in [1.54, 1.807) is 0 Å². The minimum absolute atomic E-state index is 0. The molecule has 0 heterocycles. The van der Waals surface area contributed by atoms with Crippen LogP contribution in [0.25, 0.3) is 0 Å². The van der Waals surface area contributed by atoms with Gasteiger partial charge in [0.25, 0.3) is 7.82 Å². The van der Waals surface area contributed by atoms with E-state index in [-0.39, 0.29) is 49.0 Å². The predicted molar refractivity (Wildman–Crippen MR) is 139 cm³/mol. The van der Waals surface area contributed by atoms with Gasteiger partial charge in [-0.2, -0.15) is 0 Å². The van der Waals surface area contributed by atoms with E-state index >= 15 is 0 Å². The third kappa shape index (κ3) is 26.2. The summed E-state index contributed by atoms with van der Waals surface area (Å²) in [4.78, 5) is 36.3. The number of ether oxygens (including phenoxy) is 2. The third-order valence-electron chi connectivity index (χ3n) is 5.75. The second kappa shape index (κ2) is 27.2. The van der Waals surface area contributed by atoms with E-state index in [9.17, 15) is 24.2 Å². The molecule has 0 aromatic carbocycles. The maximum absolute atomic E-state index is 12.3. The summed E-state index contributed by atoms with van der Waals surface area (Å²) in [6, 6.07) is 0. The number of hydrogen-bond acceptors (Lipinski definition) is 10. The average molecular weight is 577 g/mol. The molecule has 0 rings (SSSR count). The minimum Gasteiger partial charge on any atom is -0.756 e. The molecule has 12 heteroatoms. The van der Waals surface area contributed by atoms with Gasteiger partial charge >= 0.3 is 41.5 Å². The van der Waals surface area contributed by atoms with Crippen molar-refractivity contribution in [3.8, 4) is 0 Å². The molecule has 0 saturated carbocycles. The molecule has 0 aliphatic rings. The molecule has 220 valence electrons. The first-order valence-electron chi connectivity index (χ1n) is 14.0. The topological polar surface area (TPSA) is 152 Å². The van der Waals surface area contributed by atoms with Gasteiger partial charge in [0.1, 0.15) is 12.7 Å². The molecule has 0 bridgehead atoms. The Kier molecular flexibility index (Phi) is 28.7. The van der Waals surface area contributed by atoms with Crippen molar-refractivity contribution in [2.45, 2.75) is 129 Å². The number of phosphoric ester groups is 1. The average Bonchev–Trinajstić information content (AvgIpc) is 2.87. The van der Waals surface area contributed by atoms with Crippen molar-refractivity contribution >= 4 is 19.8 Å². The molecule has 0 radical (unpaired) electrons. The molecule has 0 aliphatic carbocycles. The van der Waals surface area contributed by atoms with E-state index in [1.165, 1.54) is 38.5 Å². The van der Waals surface area contributed by atoms with Crippen molar-refractivity contribution in [2.24, 2.45) is 0 Å². The summed E-state index contributed by atoms with van der Waals surface area (Å²) in [5.41, 5.74) is 0. The van der Waals surface area contributed by atoms with Crippen LogP contribution in [0, 0.1) is 0 Å². The molecule has 0 fully saturated rings. The Labute approximate surface area is 251 Å².